The predicted molar refractivity (Wildman–Crippen MR) is 81.8 cm³/mol. The maximum absolute atomic E-state index is 12.2. The number of hydrogen-bond acceptors (Lipinski definition) is 6. The monoisotopic (exact) mass is 296 g/mol. The maximum Gasteiger partial charge on any atom is 0.263 e. The molecule has 0 saturated heterocycles. The summed E-state index contributed by atoms with van der Waals surface area (Å²) in [6.07, 6.45) is 6.17. The average molecular weight is 296 g/mol. The van der Waals surface area contributed by atoms with Crippen molar-refractivity contribution in [3.63, 3.8) is 0 Å². The molecule has 0 fully saturated rings. The fourth-order valence-electron chi connectivity index (χ4n) is 1.67. The highest BCUT2D eigenvalue weighted by Gasteiger charge is 2.18. The molecule has 1 amide bonds. The number of amides is 1. The van der Waals surface area contributed by atoms with Crippen LogP contribution >= 0.6 is 23.1 Å². The fourth-order valence-corrected chi connectivity index (χ4v) is 3.18. The van der Waals surface area contributed by atoms with Gasteiger partial charge >= 0.3 is 0 Å². The minimum absolute atomic E-state index is 0.130. The summed E-state index contributed by atoms with van der Waals surface area (Å²) in [6, 6.07) is 0.130. The molecule has 0 aromatic carbocycles. The van der Waals surface area contributed by atoms with E-state index in [1.54, 1.807) is 24.2 Å². The van der Waals surface area contributed by atoms with Crippen LogP contribution in [0.2, 0.25) is 0 Å². The van der Waals surface area contributed by atoms with Gasteiger partial charge in [0.25, 0.3) is 5.91 Å². The lowest BCUT2D eigenvalue weighted by Crippen LogP contribution is -2.32. The van der Waals surface area contributed by atoms with E-state index in [-0.39, 0.29) is 11.9 Å². The molecule has 1 atom stereocenters. The summed E-state index contributed by atoms with van der Waals surface area (Å²) in [5.74, 6) is 0.878. The van der Waals surface area contributed by atoms with Gasteiger partial charge in [-0.15, -0.1) is 11.3 Å². The van der Waals surface area contributed by atoms with Gasteiger partial charge in [0.2, 0.25) is 0 Å². The molecule has 0 aliphatic carbocycles. The van der Waals surface area contributed by atoms with E-state index in [0.717, 1.165) is 12.2 Å². The third kappa shape index (κ3) is 3.16. The molecule has 5 nitrogen and oxygen atoms in total. The van der Waals surface area contributed by atoms with Crippen molar-refractivity contribution in [3.8, 4) is 0 Å². The second-order valence-corrected chi connectivity index (χ2v) is 6.20. The molecule has 7 heteroatoms. The second kappa shape index (κ2) is 6.21. The van der Waals surface area contributed by atoms with Crippen molar-refractivity contribution < 1.29 is 4.79 Å². The Balaban J connectivity index is 2.15. The van der Waals surface area contributed by atoms with Crippen LogP contribution in [-0.4, -0.2) is 33.9 Å². The number of aromatic nitrogens is 2. The van der Waals surface area contributed by atoms with Crippen LogP contribution in [0.15, 0.2) is 12.4 Å². The number of nitrogens with two attached hydrogens (primary N) is 1. The Morgan fingerprint density at radius 3 is 2.95 bits per heavy atom. The van der Waals surface area contributed by atoms with Crippen LogP contribution in [0.3, 0.4) is 0 Å². The number of hydrogen-bond donors (Lipinski definition) is 2. The lowest BCUT2D eigenvalue weighted by molar-refractivity contribution is 0.0944. The van der Waals surface area contributed by atoms with Crippen LogP contribution < -0.4 is 11.1 Å². The summed E-state index contributed by atoms with van der Waals surface area (Å²) < 4.78 is 0. The number of thiophene rings is 1. The Hall–Kier alpha value is -1.34. The Bertz CT molecular complexity index is 584. The number of fused-ring (bicyclic) bond motifs is 1. The quantitative estimate of drug-likeness (QED) is 0.883. The van der Waals surface area contributed by atoms with Gasteiger partial charge in [-0.2, -0.15) is 11.8 Å². The smallest absolute Gasteiger partial charge is 0.263 e. The number of rotatable bonds is 5. The lowest BCUT2D eigenvalue weighted by Gasteiger charge is -2.12. The van der Waals surface area contributed by atoms with Crippen LogP contribution in [0.5, 0.6) is 0 Å². The lowest BCUT2D eigenvalue weighted by atomic mass is 10.2. The van der Waals surface area contributed by atoms with E-state index in [0.29, 0.717) is 20.9 Å². The highest BCUT2D eigenvalue weighted by molar-refractivity contribution is 7.98. The van der Waals surface area contributed by atoms with Gasteiger partial charge in [-0.25, -0.2) is 9.97 Å². The van der Waals surface area contributed by atoms with Gasteiger partial charge in [-0.1, -0.05) is 0 Å². The van der Waals surface area contributed by atoms with Gasteiger partial charge in [0.1, 0.15) is 15.2 Å². The molecule has 102 valence electrons. The molecule has 0 radical (unpaired) electrons. The van der Waals surface area contributed by atoms with Crippen LogP contribution in [0.4, 0.5) is 5.69 Å². The number of nitrogen functional groups attached to an aromatic ring is 1. The number of thioether (sulfide) groups is 1. The van der Waals surface area contributed by atoms with Crippen molar-refractivity contribution >= 4 is 45.0 Å². The first-order chi connectivity index (χ1) is 9.13. The normalized spacial score (nSPS) is 12.5. The van der Waals surface area contributed by atoms with E-state index < -0.39 is 0 Å². The number of carbonyl (C=O) groups excluding carboxylic acids is 1. The third-order valence-electron chi connectivity index (χ3n) is 2.70. The highest BCUT2D eigenvalue weighted by Crippen LogP contribution is 2.30. The Morgan fingerprint density at radius 1 is 1.53 bits per heavy atom. The van der Waals surface area contributed by atoms with Crippen molar-refractivity contribution in [2.24, 2.45) is 0 Å². The second-order valence-electron chi connectivity index (χ2n) is 4.21. The largest absolute Gasteiger partial charge is 0.396 e. The molecule has 1 unspecified atom stereocenters. The molecule has 3 N–H and O–H groups in total. The first-order valence-corrected chi connectivity index (χ1v) is 8.13. The number of nitrogens with one attached hydrogen (secondary N) is 1. The van der Waals surface area contributed by atoms with Gasteiger partial charge in [0, 0.05) is 18.4 Å². The van der Waals surface area contributed by atoms with Crippen molar-refractivity contribution in [1.29, 1.82) is 0 Å². The fraction of sp³-hybridized carbons (Fsp3) is 0.417. The number of anilines is 1. The van der Waals surface area contributed by atoms with Crippen molar-refractivity contribution in [1.82, 2.24) is 15.3 Å². The van der Waals surface area contributed by atoms with E-state index in [1.165, 1.54) is 11.3 Å². The zero-order chi connectivity index (χ0) is 13.8. The summed E-state index contributed by atoms with van der Waals surface area (Å²) >= 11 is 3.05. The van der Waals surface area contributed by atoms with Gasteiger partial charge < -0.3 is 11.1 Å². The van der Waals surface area contributed by atoms with E-state index in [2.05, 4.69) is 21.5 Å². The minimum atomic E-state index is -0.143. The van der Waals surface area contributed by atoms with Gasteiger partial charge in [0.05, 0.1) is 5.69 Å². The molecular formula is C12H16N4OS2. The van der Waals surface area contributed by atoms with Crippen LogP contribution in [0.1, 0.15) is 23.0 Å². The van der Waals surface area contributed by atoms with Crippen molar-refractivity contribution in [3.05, 3.63) is 17.3 Å². The van der Waals surface area contributed by atoms with Gasteiger partial charge in [-0.05, 0) is 25.4 Å². The number of carbonyl (C=O) groups is 1. The third-order valence-corrected chi connectivity index (χ3v) is 4.45. The first kappa shape index (κ1) is 14.1. The SMILES string of the molecule is CSCCC(C)NC(=O)c1sc2nccnc2c1N. The molecule has 2 rings (SSSR count). The molecule has 2 aromatic rings. The molecule has 2 heterocycles. The molecule has 0 saturated carbocycles. The van der Waals surface area contributed by atoms with E-state index in [1.807, 2.05) is 6.92 Å². The summed E-state index contributed by atoms with van der Waals surface area (Å²) in [4.78, 5) is 21.7. The van der Waals surface area contributed by atoms with Crippen LogP contribution in [0.25, 0.3) is 10.3 Å². The van der Waals surface area contributed by atoms with Crippen molar-refractivity contribution in [2.45, 2.75) is 19.4 Å². The van der Waals surface area contributed by atoms with Gasteiger partial charge in [0.15, 0.2) is 0 Å². The topological polar surface area (TPSA) is 80.9 Å². The molecule has 0 aliphatic heterocycles. The Labute approximate surface area is 120 Å². The van der Waals surface area contributed by atoms with E-state index >= 15 is 0 Å². The summed E-state index contributed by atoms with van der Waals surface area (Å²) in [5.41, 5.74) is 6.98. The minimum Gasteiger partial charge on any atom is -0.396 e. The van der Waals surface area contributed by atoms with Crippen LogP contribution in [-0.2, 0) is 0 Å². The first-order valence-electron chi connectivity index (χ1n) is 5.92. The van der Waals surface area contributed by atoms with E-state index in [4.69, 9.17) is 5.73 Å². The summed E-state index contributed by atoms with van der Waals surface area (Å²) in [7, 11) is 0. The standard InChI is InChI=1S/C12H16N4OS2/c1-7(3-6-18-2)16-11(17)10-8(13)9-12(19-10)15-5-4-14-9/h4-5,7H,3,6,13H2,1-2H3,(H,16,17). The Kier molecular flexibility index (Phi) is 4.60. The molecular weight excluding hydrogens is 280 g/mol. The molecule has 0 aliphatic rings. The highest BCUT2D eigenvalue weighted by atomic mass is 32.2. The van der Waals surface area contributed by atoms with Gasteiger partial charge in [-0.3, -0.25) is 4.79 Å². The molecule has 2 aromatic heterocycles. The maximum atomic E-state index is 12.2. The molecule has 19 heavy (non-hydrogen) atoms. The van der Waals surface area contributed by atoms with Crippen LogP contribution in [0, 0.1) is 0 Å². The molecule has 0 spiro atoms. The summed E-state index contributed by atoms with van der Waals surface area (Å²) in [6.45, 7) is 1.99. The number of nitrogens with zero attached hydrogens (tertiary/aromatic N) is 2. The van der Waals surface area contributed by atoms with Crippen molar-refractivity contribution in [2.75, 3.05) is 17.7 Å². The van der Waals surface area contributed by atoms with E-state index in [9.17, 15) is 4.79 Å². The zero-order valence-electron chi connectivity index (χ0n) is 10.8. The average Bonchev–Trinajstić information content (AvgIpc) is 2.74. The Morgan fingerprint density at radius 2 is 2.26 bits per heavy atom. The predicted octanol–water partition coefficient (Wildman–Crippen LogP) is 2.14. The zero-order valence-corrected chi connectivity index (χ0v) is 12.5. The molecule has 0 bridgehead atoms. The summed E-state index contributed by atoms with van der Waals surface area (Å²) in [5, 5.41) is 2.96.